The van der Waals surface area contributed by atoms with Gasteiger partial charge in [0.1, 0.15) is 6.10 Å². The quantitative estimate of drug-likeness (QED) is 0.304. The lowest BCUT2D eigenvalue weighted by Crippen LogP contribution is -2.40. The summed E-state index contributed by atoms with van der Waals surface area (Å²) in [5.74, 6) is 0.926. The maximum Gasteiger partial charge on any atom is 0.407 e. The van der Waals surface area contributed by atoms with Crippen LogP contribution in [-0.2, 0) is 30.7 Å². The molecule has 0 bridgehead atoms. The molecule has 2 aromatic carbocycles. The third-order valence-corrected chi connectivity index (χ3v) is 9.79. The summed E-state index contributed by atoms with van der Waals surface area (Å²) in [7, 11) is -3.98. The zero-order valence-corrected chi connectivity index (χ0v) is 25.4. The van der Waals surface area contributed by atoms with E-state index in [1.54, 1.807) is 18.2 Å². The molecule has 13 heteroatoms. The maximum absolute atomic E-state index is 14.0. The minimum absolute atomic E-state index is 0.0224. The van der Waals surface area contributed by atoms with Gasteiger partial charge in [-0.1, -0.05) is 26.0 Å². The van der Waals surface area contributed by atoms with Crippen LogP contribution in [0.1, 0.15) is 38.7 Å². The average Bonchev–Trinajstić information content (AvgIpc) is 3.72. The lowest BCUT2D eigenvalue weighted by molar-refractivity contribution is -0.0907. The zero-order valence-electron chi connectivity index (χ0n) is 24.6. The topological polar surface area (TPSA) is 159 Å². The van der Waals surface area contributed by atoms with Gasteiger partial charge in [-0.05, 0) is 67.5 Å². The van der Waals surface area contributed by atoms with Crippen molar-refractivity contribution in [1.82, 2.24) is 5.32 Å². The highest BCUT2D eigenvalue weighted by molar-refractivity contribution is 7.92. The van der Waals surface area contributed by atoms with Crippen molar-refractivity contribution in [2.24, 2.45) is 17.1 Å². The van der Waals surface area contributed by atoms with Gasteiger partial charge in [0.15, 0.2) is 17.8 Å². The molecule has 0 radical (unpaired) electrons. The molecule has 236 valence electrons. The molecule has 0 aliphatic carbocycles. The highest BCUT2D eigenvalue weighted by atomic mass is 32.2. The first-order valence-corrected chi connectivity index (χ1v) is 16.1. The fourth-order valence-electron chi connectivity index (χ4n) is 5.57. The SMILES string of the molecule is CC(C)(CCN)CN(c1cccc(CC[C@H](O)CNC(=O)O[C@H]2CO[C@H]3OCC[C@H]32)c1)S(=O)(=O)c1ccc2c(c1)OCO2. The standard InChI is InChI=1S/C30H41N3O9S/c1-30(2,11-12-31)18-33(43(36,37)23-8-9-25-26(15-23)41-19-40-25)21-5-3-4-20(14-21)6-7-22(34)16-32-29(35)42-27-17-39-28-24(27)10-13-38-28/h3-5,8-9,14-15,22,24,27-28,34H,6-7,10-13,16-19,31H2,1-2H3,(H,32,35)/t22-,24-,27-,28+/m0/s1. The Morgan fingerprint density at radius 1 is 1.19 bits per heavy atom. The van der Waals surface area contributed by atoms with E-state index in [0.29, 0.717) is 56.2 Å². The number of ether oxygens (including phenoxy) is 5. The monoisotopic (exact) mass is 619 g/mol. The Hall–Kier alpha value is -3.10. The molecule has 12 nitrogen and oxygen atoms in total. The van der Waals surface area contributed by atoms with Crippen molar-refractivity contribution < 1.29 is 42.0 Å². The van der Waals surface area contributed by atoms with Crippen molar-refractivity contribution in [1.29, 1.82) is 0 Å². The smallest absolute Gasteiger partial charge is 0.407 e. The third-order valence-electron chi connectivity index (χ3n) is 8.02. The average molecular weight is 620 g/mol. The van der Waals surface area contributed by atoms with E-state index in [2.05, 4.69) is 5.32 Å². The first kappa shape index (κ1) is 31.3. The number of sulfonamides is 1. The summed E-state index contributed by atoms with van der Waals surface area (Å²) < 4.78 is 56.7. The molecule has 3 aliphatic heterocycles. The predicted molar refractivity (Wildman–Crippen MR) is 157 cm³/mol. The lowest BCUT2D eigenvalue weighted by Gasteiger charge is -2.33. The summed E-state index contributed by atoms with van der Waals surface area (Å²) in [5.41, 5.74) is 6.79. The largest absolute Gasteiger partial charge is 0.454 e. The molecule has 4 atom stereocenters. The van der Waals surface area contributed by atoms with Crippen molar-refractivity contribution in [3.05, 3.63) is 48.0 Å². The van der Waals surface area contributed by atoms with Crippen LogP contribution in [0.25, 0.3) is 0 Å². The van der Waals surface area contributed by atoms with Crippen molar-refractivity contribution in [3.63, 3.8) is 0 Å². The van der Waals surface area contributed by atoms with Gasteiger partial charge in [0.2, 0.25) is 6.79 Å². The number of carbonyl (C=O) groups excluding carboxylic acids is 1. The lowest BCUT2D eigenvalue weighted by atomic mass is 9.89. The molecular formula is C30H41N3O9S. The number of nitrogens with two attached hydrogens (primary N) is 1. The van der Waals surface area contributed by atoms with E-state index in [-0.39, 0.29) is 43.1 Å². The van der Waals surface area contributed by atoms with Crippen LogP contribution < -0.4 is 24.8 Å². The molecule has 2 fully saturated rings. The number of carbonyl (C=O) groups is 1. The molecule has 4 N–H and O–H groups in total. The highest BCUT2D eigenvalue weighted by Gasteiger charge is 2.44. The number of anilines is 1. The minimum atomic E-state index is -3.98. The first-order valence-electron chi connectivity index (χ1n) is 14.6. The van der Waals surface area contributed by atoms with Gasteiger partial charge in [0.25, 0.3) is 10.0 Å². The van der Waals surface area contributed by atoms with Gasteiger partial charge in [-0.15, -0.1) is 0 Å². The summed E-state index contributed by atoms with van der Waals surface area (Å²) in [5, 5.41) is 13.2. The number of hydrogen-bond donors (Lipinski definition) is 3. The van der Waals surface area contributed by atoms with E-state index in [0.717, 1.165) is 12.0 Å². The van der Waals surface area contributed by atoms with Crippen molar-refractivity contribution in [3.8, 4) is 11.5 Å². The molecule has 2 aromatic rings. The molecule has 0 unspecified atom stereocenters. The minimum Gasteiger partial charge on any atom is -0.454 e. The van der Waals surface area contributed by atoms with E-state index in [1.807, 2.05) is 26.0 Å². The van der Waals surface area contributed by atoms with E-state index >= 15 is 0 Å². The van der Waals surface area contributed by atoms with Crippen molar-refractivity contribution >= 4 is 21.8 Å². The number of alkyl carbamates (subject to hydrolysis) is 1. The number of hydrogen-bond acceptors (Lipinski definition) is 10. The number of aryl methyl sites for hydroxylation is 1. The van der Waals surface area contributed by atoms with Gasteiger partial charge in [0, 0.05) is 19.2 Å². The van der Waals surface area contributed by atoms with Gasteiger partial charge in [0.05, 0.1) is 35.8 Å². The van der Waals surface area contributed by atoms with Gasteiger partial charge < -0.3 is 39.8 Å². The fourth-order valence-corrected chi connectivity index (χ4v) is 7.23. The second-order valence-corrected chi connectivity index (χ2v) is 13.8. The van der Waals surface area contributed by atoms with Crippen molar-refractivity contribution in [2.75, 3.05) is 43.9 Å². The summed E-state index contributed by atoms with van der Waals surface area (Å²) in [6, 6.07) is 11.9. The molecule has 2 saturated heterocycles. The third kappa shape index (κ3) is 7.52. The van der Waals surface area contributed by atoms with Gasteiger partial charge >= 0.3 is 6.09 Å². The Morgan fingerprint density at radius 2 is 2.00 bits per heavy atom. The number of nitrogens with one attached hydrogen (secondary N) is 1. The maximum atomic E-state index is 14.0. The van der Waals surface area contributed by atoms with Crippen LogP contribution in [0, 0.1) is 11.3 Å². The molecule has 1 amide bonds. The number of aliphatic hydroxyl groups excluding tert-OH is 1. The summed E-state index contributed by atoms with van der Waals surface area (Å²) in [6.45, 7) is 5.56. The van der Waals surface area contributed by atoms with Crippen LogP contribution in [0.3, 0.4) is 0 Å². The van der Waals surface area contributed by atoms with Gasteiger partial charge in [-0.25, -0.2) is 13.2 Å². The molecule has 0 aromatic heterocycles. The first-order chi connectivity index (χ1) is 20.6. The molecule has 0 spiro atoms. The normalized spacial score (nSPS) is 21.8. The van der Waals surface area contributed by atoms with E-state index in [9.17, 15) is 18.3 Å². The number of nitrogens with zero attached hydrogens (tertiary/aromatic N) is 1. The van der Waals surface area contributed by atoms with E-state index < -0.39 is 27.6 Å². The number of benzene rings is 2. The second-order valence-electron chi connectivity index (χ2n) is 11.9. The van der Waals surface area contributed by atoms with Crippen LogP contribution in [-0.4, -0.2) is 77.8 Å². The second kappa shape index (κ2) is 13.3. The summed E-state index contributed by atoms with van der Waals surface area (Å²) in [4.78, 5) is 12.4. The van der Waals surface area contributed by atoms with Gasteiger partial charge in [-0.3, -0.25) is 4.31 Å². The molecule has 3 aliphatic rings. The Kier molecular flexibility index (Phi) is 9.67. The molecule has 5 rings (SSSR count). The Morgan fingerprint density at radius 3 is 2.81 bits per heavy atom. The summed E-state index contributed by atoms with van der Waals surface area (Å²) >= 11 is 0. The van der Waals surface area contributed by atoms with Crippen LogP contribution in [0.2, 0.25) is 0 Å². The molecule has 0 saturated carbocycles. The summed E-state index contributed by atoms with van der Waals surface area (Å²) in [6.07, 6.45) is 0.125. The van der Waals surface area contributed by atoms with E-state index in [4.69, 9.17) is 29.4 Å². The fraction of sp³-hybridized carbons (Fsp3) is 0.567. The zero-order chi connectivity index (χ0) is 30.6. The van der Waals surface area contributed by atoms with Crippen molar-refractivity contribution in [2.45, 2.75) is 62.9 Å². The number of rotatable bonds is 13. The molecular weight excluding hydrogens is 578 g/mol. The number of aliphatic hydroxyl groups is 1. The van der Waals surface area contributed by atoms with Crippen LogP contribution in [0.4, 0.5) is 10.5 Å². The Balaban J connectivity index is 1.23. The Bertz CT molecular complexity index is 1390. The molecule has 3 heterocycles. The molecule has 43 heavy (non-hydrogen) atoms. The van der Waals surface area contributed by atoms with E-state index in [1.165, 1.54) is 16.4 Å². The van der Waals surface area contributed by atoms with Gasteiger partial charge in [-0.2, -0.15) is 0 Å². The van der Waals surface area contributed by atoms with Crippen LogP contribution in [0.15, 0.2) is 47.4 Å². The number of amides is 1. The highest BCUT2D eigenvalue weighted by Crippen LogP contribution is 2.37. The predicted octanol–water partition coefficient (Wildman–Crippen LogP) is 2.77. The Labute approximate surface area is 252 Å². The van der Waals surface area contributed by atoms with Crippen LogP contribution in [0.5, 0.6) is 11.5 Å². The number of fused-ring (bicyclic) bond motifs is 2. The van der Waals surface area contributed by atoms with Crippen LogP contribution >= 0.6 is 0 Å².